The first kappa shape index (κ1) is 16.1. The summed E-state index contributed by atoms with van der Waals surface area (Å²) in [7, 11) is 0. The fourth-order valence-corrected chi connectivity index (χ4v) is 3.76. The molecule has 5 heteroatoms. The number of carbonyl (C=O) groups excluding carboxylic acids is 1. The van der Waals surface area contributed by atoms with Crippen molar-refractivity contribution in [2.45, 2.75) is 65.0 Å². The van der Waals surface area contributed by atoms with Crippen molar-refractivity contribution >= 4 is 12.0 Å². The molecule has 2 heterocycles. The Morgan fingerprint density at radius 2 is 1.90 bits per heavy atom. The Balaban J connectivity index is 2.11. The molecular formula is C16H28N2O3. The predicted molar refractivity (Wildman–Crippen MR) is 81.1 cm³/mol. The van der Waals surface area contributed by atoms with Crippen LogP contribution >= 0.6 is 0 Å². The maximum Gasteiger partial charge on any atom is 0.326 e. The van der Waals surface area contributed by atoms with Gasteiger partial charge in [-0.3, -0.25) is 0 Å². The number of hydrogen-bond acceptors (Lipinski definition) is 2. The van der Waals surface area contributed by atoms with Gasteiger partial charge in [-0.2, -0.15) is 0 Å². The molecule has 2 rings (SSSR count). The van der Waals surface area contributed by atoms with Crippen LogP contribution in [0.3, 0.4) is 0 Å². The number of carbonyl (C=O) groups is 2. The van der Waals surface area contributed by atoms with Gasteiger partial charge in [0.1, 0.15) is 6.04 Å². The minimum Gasteiger partial charge on any atom is -0.480 e. The zero-order valence-electron chi connectivity index (χ0n) is 13.4. The molecule has 5 nitrogen and oxygen atoms in total. The van der Waals surface area contributed by atoms with E-state index in [4.69, 9.17) is 0 Å². The second-order valence-corrected chi connectivity index (χ2v) is 6.78. The third kappa shape index (κ3) is 3.33. The highest BCUT2D eigenvalue weighted by Crippen LogP contribution is 2.30. The number of hydrogen-bond donors (Lipinski definition) is 1. The van der Waals surface area contributed by atoms with Gasteiger partial charge in [0.05, 0.1) is 0 Å². The summed E-state index contributed by atoms with van der Waals surface area (Å²) in [5.41, 5.74) is 0. The van der Waals surface area contributed by atoms with E-state index in [-0.39, 0.29) is 12.1 Å². The van der Waals surface area contributed by atoms with Crippen LogP contribution in [0, 0.1) is 11.8 Å². The molecule has 0 spiro atoms. The monoisotopic (exact) mass is 296 g/mol. The highest BCUT2D eigenvalue weighted by atomic mass is 16.4. The van der Waals surface area contributed by atoms with E-state index in [1.54, 1.807) is 4.90 Å². The summed E-state index contributed by atoms with van der Waals surface area (Å²) in [5, 5.41) is 9.48. The molecule has 2 aliphatic rings. The van der Waals surface area contributed by atoms with Gasteiger partial charge in [0.15, 0.2) is 0 Å². The van der Waals surface area contributed by atoms with E-state index in [0.717, 1.165) is 32.2 Å². The summed E-state index contributed by atoms with van der Waals surface area (Å²) in [5.74, 6) is -0.00988. The molecule has 2 saturated heterocycles. The lowest BCUT2D eigenvalue weighted by atomic mass is 9.89. The minimum absolute atomic E-state index is 0.0619. The van der Waals surface area contributed by atoms with Crippen LogP contribution in [0.25, 0.3) is 0 Å². The second kappa shape index (κ2) is 6.67. The van der Waals surface area contributed by atoms with Gasteiger partial charge in [-0.25, -0.2) is 9.59 Å². The number of nitrogens with zero attached hydrogens (tertiary/aromatic N) is 2. The smallest absolute Gasteiger partial charge is 0.326 e. The van der Waals surface area contributed by atoms with E-state index in [1.807, 2.05) is 4.90 Å². The molecule has 0 aliphatic carbocycles. The number of piperidine rings is 1. The molecule has 0 aromatic rings. The maximum absolute atomic E-state index is 12.8. The van der Waals surface area contributed by atoms with Crippen LogP contribution in [0.4, 0.5) is 4.79 Å². The molecule has 3 unspecified atom stereocenters. The number of carboxylic acid groups (broad SMARTS) is 1. The van der Waals surface area contributed by atoms with Crippen molar-refractivity contribution in [3.8, 4) is 0 Å². The largest absolute Gasteiger partial charge is 0.480 e. The van der Waals surface area contributed by atoms with E-state index < -0.39 is 12.0 Å². The first-order chi connectivity index (χ1) is 9.95. The van der Waals surface area contributed by atoms with Crippen molar-refractivity contribution < 1.29 is 14.7 Å². The first-order valence-electron chi connectivity index (χ1n) is 8.25. The van der Waals surface area contributed by atoms with Crippen molar-refractivity contribution in [2.75, 3.05) is 13.1 Å². The van der Waals surface area contributed by atoms with Crippen LogP contribution < -0.4 is 0 Å². The molecule has 2 fully saturated rings. The number of amides is 2. The standard InChI is InChI=1S/C16H28N2O3/c1-4-12-7-9-18(14(10-12)15(19)20)16(21)17-8-5-6-13(17)11(2)3/h11-14H,4-10H2,1-3H3,(H,19,20). The molecule has 2 aliphatic heterocycles. The van der Waals surface area contributed by atoms with E-state index in [2.05, 4.69) is 20.8 Å². The molecule has 0 aromatic heterocycles. The Kier molecular flexibility index (Phi) is 5.12. The third-order valence-corrected chi connectivity index (χ3v) is 5.13. The van der Waals surface area contributed by atoms with Gasteiger partial charge in [0.2, 0.25) is 0 Å². The molecule has 0 aromatic carbocycles. The first-order valence-corrected chi connectivity index (χ1v) is 8.25. The van der Waals surface area contributed by atoms with Crippen LogP contribution in [-0.4, -0.2) is 52.1 Å². The number of aliphatic carboxylic acids is 1. The predicted octanol–water partition coefficient (Wildman–Crippen LogP) is 2.80. The summed E-state index contributed by atoms with van der Waals surface area (Å²) in [4.78, 5) is 27.9. The lowest BCUT2D eigenvalue weighted by molar-refractivity contribution is -0.144. The molecule has 120 valence electrons. The van der Waals surface area contributed by atoms with Gasteiger partial charge in [0, 0.05) is 19.1 Å². The molecule has 0 saturated carbocycles. The molecule has 0 radical (unpaired) electrons. The highest BCUT2D eigenvalue weighted by Gasteiger charge is 2.40. The Bertz CT molecular complexity index is 397. The summed E-state index contributed by atoms with van der Waals surface area (Å²) >= 11 is 0. The fourth-order valence-electron chi connectivity index (χ4n) is 3.76. The second-order valence-electron chi connectivity index (χ2n) is 6.78. The van der Waals surface area contributed by atoms with Gasteiger partial charge in [0.25, 0.3) is 0 Å². The summed E-state index contributed by atoms with van der Waals surface area (Å²) in [6, 6.07) is -0.450. The fraction of sp³-hybridized carbons (Fsp3) is 0.875. The van der Waals surface area contributed by atoms with Gasteiger partial charge in [-0.15, -0.1) is 0 Å². The normalized spacial score (nSPS) is 30.0. The molecule has 3 atom stereocenters. The zero-order chi connectivity index (χ0) is 15.6. The van der Waals surface area contributed by atoms with E-state index >= 15 is 0 Å². The maximum atomic E-state index is 12.8. The summed E-state index contributed by atoms with van der Waals surface area (Å²) in [6.45, 7) is 7.70. The van der Waals surface area contributed by atoms with Gasteiger partial charge in [-0.05, 0) is 37.5 Å². The Morgan fingerprint density at radius 3 is 2.48 bits per heavy atom. The highest BCUT2D eigenvalue weighted by molar-refractivity contribution is 5.83. The minimum atomic E-state index is -0.859. The van der Waals surface area contributed by atoms with Crippen LogP contribution in [0.5, 0.6) is 0 Å². The molecule has 2 amide bonds. The number of likely N-dealkylation sites (tertiary alicyclic amines) is 2. The topological polar surface area (TPSA) is 60.9 Å². The molecule has 0 bridgehead atoms. The molecule has 21 heavy (non-hydrogen) atoms. The molecular weight excluding hydrogens is 268 g/mol. The van der Waals surface area contributed by atoms with Crippen LogP contribution in [0.15, 0.2) is 0 Å². The Morgan fingerprint density at radius 1 is 1.19 bits per heavy atom. The number of urea groups is 1. The number of carboxylic acids is 1. The van der Waals surface area contributed by atoms with E-state index in [9.17, 15) is 14.7 Å². The third-order valence-electron chi connectivity index (χ3n) is 5.13. The van der Waals surface area contributed by atoms with Crippen molar-refractivity contribution in [1.29, 1.82) is 0 Å². The van der Waals surface area contributed by atoms with Crippen molar-refractivity contribution in [3.63, 3.8) is 0 Å². The Labute approximate surface area is 127 Å². The van der Waals surface area contributed by atoms with E-state index in [0.29, 0.717) is 24.8 Å². The lowest BCUT2D eigenvalue weighted by Crippen LogP contribution is -2.56. The van der Waals surface area contributed by atoms with Crippen molar-refractivity contribution in [2.24, 2.45) is 11.8 Å². The van der Waals surface area contributed by atoms with Crippen molar-refractivity contribution in [1.82, 2.24) is 9.80 Å². The SMILES string of the molecule is CCC1CCN(C(=O)N2CCCC2C(C)C)C(C(=O)O)C1. The summed E-state index contributed by atoms with van der Waals surface area (Å²) in [6.07, 6.45) is 4.57. The van der Waals surface area contributed by atoms with Crippen LogP contribution in [-0.2, 0) is 4.79 Å². The Hall–Kier alpha value is -1.26. The van der Waals surface area contributed by atoms with E-state index in [1.165, 1.54) is 0 Å². The average molecular weight is 296 g/mol. The van der Waals surface area contributed by atoms with Gasteiger partial charge >= 0.3 is 12.0 Å². The average Bonchev–Trinajstić information content (AvgIpc) is 2.95. The van der Waals surface area contributed by atoms with Crippen LogP contribution in [0.2, 0.25) is 0 Å². The quantitative estimate of drug-likeness (QED) is 0.871. The zero-order valence-corrected chi connectivity index (χ0v) is 13.4. The van der Waals surface area contributed by atoms with Gasteiger partial charge in [-0.1, -0.05) is 27.2 Å². The van der Waals surface area contributed by atoms with Crippen LogP contribution in [0.1, 0.15) is 52.9 Å². The summed E-state index contributed by atoms with van der Waals surface area (Å²) < 4.78 is 0. The molecule has 1 N–H and O–H groups in total. The van der Waals surface area contributed by atoms with Crippen molar-refractivity contribution in [3.05, 3.63) is 0 Å². The van der Waals surface area contributed by atoms with Gasteiger partial charge < -0.3 is 14.9 Å². The number of rotatable bonds is 3. The lowest BCUT2D eigenvalue weighted by Gasteiger charge is -2.40.